The summed E-state index contributed by atoms with van der Waals surface area (Å²) in [7, 11) is 0. The van der Waals surface area contributed by atoms with Crippen LogP contribution in [0.25, 0.3) is 0 Å². The third-order valence-electron chi connectivity index (χ3n) is 2.57. The van der Waals surface area contributed by atoms with Crippen LogP contribution in [-0.2, 0) is 4.74 Å². The van der Waals surface area contributed by atoms with Gasteiger partial charge in [-0.3, -0.25) is 4.98 Å². The van der Waals surface area contributed by atoms with Crippen molar-refractivity contribution in [2.75, 3.05) is 18.5 Å². The summed E-state index contributed by atoms with van der Waals surface area (Å²) < 4.78 is 6.65. The summed E-state index contributed by atoms with van der Waals surface area (Å²) in [6.07, 6.45) is 7.59. The molecule has 82 valence electrons. The highest BCUT2D eigenvalue weighted by molar-refractivity contribution is 9.10. The number of aromatic nitrogens is 1. The summed E-state index contributed by atoms with van der Waals surface area (Å²) in [5.41, 5.74) is 1.08. The number of ether oxygens (including phenoxy) is 1. The minimum Gasteiger partial charge on any atom is -0.381 e. The average molecular weight is 271 g/mol. The normalized spacial score (nSPS) is 21.3. The molecule has 1 fully saturated rings. The Kier molecular flexibility index (Phi) is 3.97. The van der Waals surface area contributed by atoms with E-state index in [9.17, 15) is 0 Å². The minimum atomic E-state index is 0.360. The molecule has 4 heteroatoms. The first-order valence-corrected chi connectivity index (χ1v) is 6.10. The fourth-order valence-electron chi connectivity index (χ4n) is 1.71. The first-order chi connectivity index (χ1) is 7.36. The zero-order chi connectivity index (χ0) is 10.5. The third kappa shape index (κ3) is 3.18. The van der Waals surface area contributed by atoms with Gasteiger partial charge in [-0.15, -0.1) is 0 Å². The lowest BCUT2D eigenvalue weighted by Gasteiger charge is -2.23. The van der Waals surface area contributed by atoms with E-state index in [2.05, 4.69) is 26.2 Å². The van der Waals surface area contributed by atoms with Gasteiger partial charge in [-0.2, -0.15) is 0 Å². The molecule has 0 bridgehead atoms. The first-order valence-electron chi connectivity index (χ1n) is 5.31. The van der Waals surface area contributed by atoms with Gasteiger partial charge >= 0.3 is 0 Å². The molecule has 1 aromatic rings. The first kappa shape index (κ1) is 10.9. The lowest BCUT2D eigenvalue weighted by atomic mass is 10.1. The molecule has 2 heterocycles. The van der Waals surface area contributed by atoms with Gasteiger partial charge in [0.05, 0.1) is 16.3 Å². The topological polar surface area (TPSA) is 34.2 Å². The zero-order valence-corrected chi connectivity index (χ0v) is 10.2. The number of pyridine rings is 1. The van der Waals surface area contributed by atoms with Gasteiger partial charge in [-0.1, -0.05) is 0 Å². The van der Waals surface area contributed by atoms with Crippen LogP contribution in [-0.4, -0.2) is 24.2 Å². The molecule has 1 N–H and O–H groups in total. The van der Waals surface area contributed by atoms with E-state index in [1.807, 2.05) is 6.07 Å². The van der Waals surface area contributed by atoms with E-state index in [1.54, 1.807) is 12.4 Å². The van der Waals surface area contributed by atoms with Gasteiger partial charge in [-0.25, -0.2) is 0 Å². The molecule has 0 spiro atoms. The standard InChI is InChI=1S/C11H15BrN2O/c12-10-8-13-5-4-11(10)14-7-9-3-1-2-6-15-9/h4-5,8-9H,1-3,6-7H2,(H,13,14). The van der Waals surface area contributed by atoms with Crippen molar-refractivity contribution in [3.8, 4) is 0 Å². The zero-order valence-electron chi connectivity index (χ0n) is 8.58. The van der Waals surface area contributed by atoms with Crippen molar-refractivity contribution >= 4 is 21.6 Å². The van der Waals surface area contributed by atoms with Gasteiger partial charge in [0, 0.05) is 25.5 Å². The number of hydrogen-bond acceptors (Lipinski definition) is 3. The fourth-order valence-corrected chi connectivity index (χ4v) is 2.10. The molecule has 0 radical (unpaired) electrons. The second-order valence-corrected chi connectivity index (χ2v) is 4.58. The van der Waals surface area contributed by atoms with Crippen LogP contribution in [0.4, 0.5) is 5.69 Å². The highest BCUT2D eigenvalue weighted by atomic mass is 79.9. The van der Waals surface area contributed by atoms with Crippen molar-refractivity contribution in [3.63, 3.8) is 0 Å². The molecule has 15 heavy (non-hydrogen) atoms. The monoisotopic (exact) mass is 270 g/mol. The van der Waals surface area contributed by atoms with Crippen LogP contribution >= 0.6 is 15.9 Å². The molecular formula is C11H15BrN2O. The molecule has 1 saturated heterocycles. The average Bonchev–Trinajstić information content (AvgIpc) is 2.29. The maximum Gasteiger partial charge on any atom is 0.0747 e. The van der Waals surface area contributed by atoms with E-state index in [0.717, 1.165) is 29.7 Å². The van der Waals surface area contributed by atoms with Crippen LogP contribution in [0.2, 0.25) is 0 Å². The van der Waals surface area contributed by atoms with Gasteiger partial charge in [0.25, 0.3) is 0 Å². The van der Waals surface area contributed by atoms with Gasteiger partial charge in [0.2, 0.25) is 0 Å². The number of anilines is 1. The summed E-state index contributed by atoms with van der Waals surface area (Å²) in [6, 6.07) is 1.97. The molecule has 1 atom stereocenters. The van der Waals surface area contributed by atoms with Gasteiger partial charge in [0.1, 0.15) is 0 Å². The van der Waals surface area contributed by atoms with Crippen LogP contribution in [0, 0.1) is 0 Å². The van der Waals surface area contributed by atoms with Crippen molar-refractivity contribution in [1.29, 1.82) is 0 Å². The Morgan fingerprint density at radius 2 is 2.47 bits per heavy atom. The van der Waals surface area contributed by atoms with Crippen LogP contribution in [0.15, 0.2) is 22.9 Å². The van der Waals surface area contributed by atoms with Crippen molar-refractivity contribution in [2.24, 2.45) is 0 Å². The Morgan fingerprint density at radius 1 is 1.53 bits per heavy atom. The highest BCUT2D eigenvalue weighted by Crippen LogP contribution is 2.21. The lowest BCUT2D eigenvalue weighted by molar-refractivity contribution is 0.0247. The molecule has 0 aliphatic carbocycles. The van der Waals surface area contributed by atoms with Crippen LogP contribution in [0.1, 0.15) is 19.3 Å². The summed E-state index contributed by atoms with van der Waals surface area (Å²) in [4.78, 5) is 4.02. The Morgan fingerprint density at radius 3 is 3.20 bits per heavy atom. The second kappa shape index (κ2) is 5.47. The Balaban J connectivity index is 1.84. The number of halogens is 1. The molecule has 1 unspecified atom stereocenters. The summed E-state index contributed by atoms with van der Waals surface area (Å²) >= 11 is 3.46. The Hall–Kier alpha value is -0.610. The Labute approximate surface area is 98.4 Å². The predicted molar refractivity (Wildman–Crippen MR) is 64.0 cm³/mol. The number of hydrogen-bond donors (Lipinski definition) is 1. The summed E-state index contributed by atoms with van der Waals surface area (Å²) in [6.45, 7) is 1.78. The van der Waals surface area contributed by atoms with Crippen LogP contribution < -0.4 is 5.32 Å². The molecule has 1 aliphatic rings. The van der Waals surface area contributed by atoms with Crippen molar-refractivity contribution in [3.05, 3.63) is 22.9 Å². The van der Waals surface area contributed by atoms with Gasteiger partial charge in [0.15, 0.2) is 0 Å². The largest absolute Gasteiger partial charge is 0.381 e. The minimum absolute atomic E-state index is 0.360. The molecular weight excluding hydrogens is 256 g/mol. The molecule has 2 rings (SSSR count). The second-order valence-electron chi connectivity index (χ2n) is 3.73. The van der Waals surface area contributed by atoms with Gasteiger partial charge < -0.3 is 10.1 Å². The van der Waals surface area contributed by atoms with E-state index < -0.39 is 0 Å². The van der Waals surface area contributed by atoms with E-state index >= 15 is 0 Å². The molecule has 1 aromatic heterocycles. The van der Waals surface area contributed by atoms with Crippen molar-refractivity contribution in [2.45, 2.75) is 25.4 Å². The number of nitrogens with one attached hydrogen (secondary N) is 1. The maximum absolute atomic E-state index is 5.65. The number of rotatable bonds is 3. The fraction of sp³-hybridized carbons (Fsp3) is 0.545. The molecule has 0 aromatic carbocycles. The van der Waals surface area contributed by atoms with Crippen LogP contribution in [0.3, 0.4) is 0 Å². The molecule has 1 aliphatic heterocycles. The Bertz CT molecular complexity index is 313. The van der Waals surface area contributed by atoms with Crippen molar-refractivity contribution < 1.29 is 4.74 Å². The van der Waals surface area contributed by atoms with Crippen LogP contribution in [0.5, 0.6) is 0 Å². The predicted octanol–water partition coefficient (Wildman–Crippen LogP) is 2.83. The molecule has 0 saturated carbocycles. The van der Waals surface area contributed by atoms with Gasteiger partial charge in [-0.05, 0) is 41.3 Å². The maximum atomic E-state index is 5.65. The molecule has 0 amide bonds. The smallest absolute Gasteiger partial charge is 0.0747 e. The van der Waals surface area contributed by atoms with E-state index in [0.29, 0.717) is 6.10 Å². The SMILES string of the molecule is Brc1cnccc1NCC1CCCCO1. The summed E-state index contributed by atoms with van der Waals surface area (Å²) in [5.74, 6) is 0. The molecule has 3 nitrogen and oxygen atoms in total. The van der Waals surface area contributed by atoms with E-state index in [1.165, 1.54) is 12.8 Å². The van der Waals surface area contributed by atoms with Crippen molar-refractivity contribution in [1.82, 2.24) is 4.98 Å². The number of nitrogens with zero attached hydrogens (tertiary/aromatic N) is 1. The third-order valence-corrected chi connectivity index (χ3v) is 3.20. The highest BCUT2D eigenvalue weighted by Gasteiger charge is 2.13. The summed E-state index contributed by atoms with van der Waals surface area (Å²) in [5, 5.41) is 3.37. The lowest BCUT2D eigenvalue weighted by Crippen LogP contribution is -2.27. The quantitative estimate of drug-likeness (QED) is 0.917. The van der Waals surface area contributed by atoms with E-state index in [-0.39, 0.29) is 0 Å². The van der Waals surface area contributed by atoms with E-state index in [4.69, 9.17) is 4.74 Å².